The molecule has 0 amide bonds. The number of carbonyl (C=O) groups is 1. The van der Waals surface area contributed by atoms with Gasteiger partial charge in [0.2, 0.25) is 0 Å². The molecule has 0 heterocycles. The maximum Gasteiger partial charge on any atom is 0.178 e. The summed E-state index contributed by atoms with van der Waals surface area (Å²) < 4.78 is 14.1. The molecule has 0 bridgehead atoms. The predicted octanol–water partition coefficient (Wildman–Crippen LogP) is 2.58. The van der Waals surface area contributed by atoms with Crippen LogP contribution in [0, 0.1) is 5.41 Å². The smallest absolute Gasteiger partial charge is 0.178 e. The molecule has 0 N–H and O–H groups in total. The lowest BCUT2D eigenvalue weighted by Gasteiger charge is -2.26. The van der Waals surface area contributed by atoms with Crippen LogP contribution in [-0.2, 0) is 4.79 Å². The zero-order chi connectivity index (χ0) is 9.69. The summed E-state index contributed by atoms with van der Waals surface area (Å²) in [4.78, 5) is 11.1. The van der Waals surface area contributed by atoms with Gasteiger partial charge in [-0.3, -0.25) is 4.79 Å². The van der Waals surface area contributed by atoms with Crippen LogP contribution in [0.1, 0.15) is 26.7 Å². The first-order valence-electron chi connectivity index (χ1n) is 4.59. The van der Waals surface area contributed by atoms with Crippen LogP contribution in [0.4, 0.5) is 4.39 Å². The van der Waals surface area contributed by atoms with Crippen LogP contribution in [0.3, 0.4) is 0 Å². The maximum atomic E-state index is 14.1. The number of ketones is 1. The third-order valence-corrected chi connectivity index (χ3v) is 3.09. The third kappa shape index (κ3) is 1.16. The molecule has 1 fully saturated rings. The van der Waals surface area contributed by atoms with Gasteiger partial charge in [0.05, 0.1) is 0 Å². The van der Waals surface area contributed by atoms with Gasteiger partial charge in [0.15, 0.2) is 11.5 Å². The molecule has 1 unspecified atom stereocenters. The van der Waals surface area contributed by atoms with Crippen LogP contribution < -0.4 is 0 Å². The molecule has 0 aromatic heterocycles. The van der Waals surface area contributed by atoms with Crippen molar-refractivity contribution in [2.75, 3.05) is 0 Å². The average molecular weight is 180 g/mol. The molecular formula is C11H13FO. The SMILES string of the molecule is CC1(C)CCC2(F)C=CC(=O)C=C12. The fourth-order valence-electron chi connectivity index (χ4n) is 2.22. The van der Waals surface area contributed by atoms with E-state index in [0.29, 0.717) is 12.0 Å². The molecule has 13 heavy (non-hydrogen) atoms. The van der Waals surface area contributed by atoms with Gasteiger partial charge in [-0.15, -0.1) is 0 Å². The van der Waals surface area contributed by atoms with Crippen molar-refractivity contribution < 1.29 is 9.18 Å². The second kappa shape index (κ2) is 2.31. The minimum atomic E-state index is -1.34. The largest absolute Gasteiger partial charge is 0.290 e. The normalized spacial score (nSPS) is 35.9. The number of halogens is 1. The molecule has 2 rings (SSSR count). The zero-order valence-corrected chi connectivity index (χ0v) is 7.93. The second-order valence-corrected chi connectivity index (χ2v) is 4.54. The first-order chi connectivity index (χ1) is 5.94. The minimum absolute atomic E-state index is 0.0850. The second-order valence-electron chi connectivity index (χ2n) is 4.54. The van der Waals surface area contributed by atoms with Gasteiger partial charge in [-0.1, -0.05) is 13.8 Å². The summed E-state index contributed by atoms with van der Waals surface area (Å²) in [5, 5.41) is 0. The molecule has 0 spiro atoms. The molecule has 70 valence electrons. The molecule has 0 aromatic carbocycles. The van der Waals surface area contributed by atoms with Crippen molar-refractivity contribution in [2.45, 2.75) is 32.4 Å². The number of hydrogen-bond donors (Lipinski definition) is 0. The zero-order valence-electron chi connectivity index (χ0n) is 7.93. The topological polar surface area (TPSA) is 17.1 Å². The lowest BCUT2D eigenvalue weighted by atomic mass is 9.81. The number of alkyl halides is 1. The van der Waals surface area contributed by atoms with Crippen molar-refractivity contribution in [3.63, 3.8) is 0 Å². The number of carbonyl (C=O) groups excluding carboxylic acids is 1. The van der Waals surface area contributed by atoms with E-state index in [1.54, 1.807) is 0 Å². The van der Waals surface area contributed by atoms with Gasteiger partial charge in [0.1, 0.15) is 0 Å². The highest BCUT2D eigenvalue weighted by Crippen LogP contribution is 2.52. The molecule has 1 atom stereocenters. The Kier molecular flexibility index (Phi) is 1.54. The summed E-state index contributed by atoms with van der Waals surface area (Å²) in [5.74, 6) is -0.0850. The Morgan fingerprint density at radius 3 is 2.77 bits per heavy atom. The van der Waals surface area contributed by atoms with E-state index in [2.05, 4.69) is 0 Å². The van der Waals surface area contributed by atoms with Gasteiger partial charge in [-0.2, -0.15) is 0 Å². The minimum Gasteiger partial charge on any atom is -0.290 e. The molecule has 2 aliphatic carbocycles. The summed E-state index contributed by atoms with van der Waals surface area (Å²) in [5.41, 5.74) is -0.834. The average Bonchev–Trinajstić information content (AvgIpc) is 2.28. The van der Waals surface area contributed by atoms with E-state index < -0.39 is 5.67 Å². The Bertz CT molecular complexity index is 325. The monoisotopic (exact) mass is 180 g/mol. The molecular weight excluding hydrogens is 167 g/mol. The molecule has 2 aliphatic rings. The highest BCUT2D eigenvalue weighted by atomic mass is 19.1. The third-order valence-electron chi connectivity index (χ3n) is 3.09. The summed E-state index contributed by atoms with van der Waals surface area (Å²) in [6.07, 6.45) is 5.54. The van der Waals surface area contributed by atoms with Crippen molar-refractivity contribution in [1.29, 1.82) is 0 Å². The van der Waals surface area contributed by atoms with Crippen LogP contribution in [0.15, 0.2) is 23.8 Å². The van der Waals surface area contributed by atoms with Crippen molar-refractivity contribution in [1.82, 2.24) is 0 Å². The van der Waals surface area contributed by atoms with Gasteiger partial charge >= 0.3 is 0 Å². The molecule has 1 nitrogen and oxygen atoms in total. The van der Waals surface area contributed by atoms with Crippen LogP contribution in [0.25, 0.3) is 0 Å². The highest BCUT2D eigenvalue weighted by molar-refractivity contribution is 6.01. The van der Waals surface area contributed by atoms with Crippen molar-refractivity contribution in [3.8, 4) is 0 Å². The highest BCUT2D eigenvalue weighted by Gasteiger charge is 2.48. The first kappa shape index (κ1) is 8.67. The van der Waals surface area contributed by atoms with E-state index >= 15 is 0 Å². The van der Waals surface area contributed by atoms with E-state index in [0.717, 1.165) is 6.42 Å². The quantitative estimate of drug-likeness (QED) is 0.560. The molecule has 2 heteroatoms. The Balaban J connectivity index is 2.49. The number of fused-ring (bicyclic) bond motifs is 1. The van der Waals surface area contributed by atoms with Gasteiger partial charge in [-0.05, 0) is 42.1 Å². The number of hydrogen-bond acceptors (Lipinski definition) is 1. The molecule has 0 aliphatic heterocycles. The van der Waals surface area contributed by atoms with E-state index in [9.17, 15) is 9.18 Å². The molecule has 1 saturated carbocycles. The maximum absolute atomic E-state index is 14.1. The Morgan fingerprint density at radius 1 is 1.38 bits per heavy atom. The van der Waals surface area contributed by atoms with Crippen LogP contribution >= 0.6 is 0 Å². The summed E-state index contributed by atoms with van der Waals surface area (Å²) in [6.45, 7) is 3.99. The summed E-state index contributed by atoms with van der Waals surface area (Å²) >= 11 is 0. The lowest BCUT2D eigenvalue weighted by molar-refractivity contribution is -0.110. The summed E-state index contributed by atoms with van der Waals surface area (Å²) in [7, 11) is 0. The molecule has 0 radical (unpaired) electrons. The van der Waals surface area contributed by atoms with E-state index in [1.165, 1.54) is 18.2 Å². The fourth-order valence-corrected chi connectivity index (χ4v) is 2.22. The Labute approximate surface area is 77.3 Å². The lowest BCUT2D eigenvalue weighted by Crippen LogP contribution is -2.26. The fraction of sp³-hybridized carbons (Fsp3) is 0.545. The van der Waals surface area contributed by atoms with Crippen molar-refractivity contribution in [3.05, 3.63) is 23.8 Å². The van der Waals surface area contributed by atoms with E-state index in [1.807, 2.05) is 13.8 Å². The van der Waals surface area contributed by atoms with Gasteiger partial charge in [-0.25, -0.2) is 4.39 Å². The van der Waals surface area contributed by atoms with Crippen LogP contribution in [0.5, 0.6) is 0 Å². The van der Waals surface area contributed by atoms with Gasteiger partial charge < -0.3 is 0 Å². The predicted molar refractivity (Wildman–Crippen MR) is 49.1 cm³/mol. The van der Waals surface area contributed by atoms with Gasteiger partial charge in [0, 0.05) is 0 Å². The van der Waals surface area contributed by atoms with Gasteiger partial charge in [0.25, 0.3) is 0 Å². The summed E-state index contributed by atoms with van der Waals surface area (Å²) in [6, 6.07) is 0. The molecule has 0 saturated heterocycles. The van der Waals surface area contributed by atoms with Crippen molar-refractivity contribution in [2.24, 2.45) is 5.41 Å². The van der Waals surface area contributed by atoms with Crippen molar-refractivity contribution >= 4 is 5.78 Å². The number of allylic oxidation sites excluding steroid dienone is 4. The van der Waals surface area contributed by atoms with E-state index in [-0.39, 0.29) is 11.2 Å². The van der Waals surface area contributed by atoms with Crippen LogP contribution in [0.2, 0.25) is 0 Å². The van der Waals surface area contributed by atoms with Crippen LogP contribution in [-0.4, -0.2) is 11.5 Å². The first-order valence-corrected chi connectivity index (χ1v) is 4.59. The number of rotatable bonds is 0. The Hall–Kier alpha value is -0.920. The Morgan fingerprint density at radius 2 is 2.08 bits per heavy atom. The molecule has 0 aromatic rings. The van der Waals surface area contributed by atoms with E-state index in [4.69, 9.17) is 0 Å². The standard InChI is InChI=1S/C11H13FO/c1-10(2)5-6-11(12)4-3-8(13)7-9(10)11/h3-4,7H,5-6H2,1-2H3.